The fourth-order valence-electron chi connectivity index (χ4n) is 5.64. The fourth-order valence-corrected chi connectivity index (χ4v) is 7.84. The number of nitrogens with zero attached hydrogens (tertiary/aromatic N) is 2. The SMILES string of the molecule is c1ccc2c(c1)Sc1ccccc1N2CCCCCCCCCCN1c2ccccc2Sc2ccccc21. The van der Waals surface area contributed by atoms with Crippen molar-refractivity contribution in [2.75, 3.05) is 22.9 Å². The van der Waals surface area contributed by atoms with Gasteiger partial charge in [-0.1, -0.05) is 111 Å². The van der Waals surface area contributed by atoms with Crippen LogP contribution in [0.1, 0.15) is 51.4 Å². The van der Waals surface area contributed by atoms with Gasteiger partial charge in [-0.3, -0.25) is 0 Å². The van der Waals surface area contributed by atoms with E-state index in [0.717, 1.165) is 13.1 Å². The van der Waals surface area contributed by atoms with Gasteiger partial charge in [-0.05, 0) is 61.4 Å². The fraction of sp³-hybridized carbons (Fsp3) is 0.294. The number of fused-ring (bicyclic) bond motifs is 4. The van der Waals surface area contributed by atoms with Crippen molar-refractivity contribution in [3.05, 3.63) is 97.1 Å². The van der Waals surface area contributed by atoms with Crippen molar-refractivity contribution in [1.82, 2.24) is 0 Å². The summed E-state index contributed by atoms with van der Waals surface area (Å²) in [6.45, 7) is 2.21. The summed E-state index contributed by atoms with van der Waals surface area (Å²) in [5.41, 5.74) is 5.48. The summed E-state index contributed by atoms with van der Waals surface area (Å²) >= 11 is 3.80. The molecular weight excluding hydrogens is 501 g/mol. The molecule has 0 radical (unpaired) electrons. The summed E-state index contributed by atoms with van der Waals surface area (Å²) in [5, 5.41) is 0. The summed E-state index contributed by atoms with van der Waals surface area (Å²) in [6.07, 6.45) is 10.5. The minimum absolute atomic E-state index is 1.10. The van der Waals surface area contributed by atoms with E-state index >= 15 is 0 Å². The lowest BCUT2D eigenvalue weighted by Gasteiger charge is -2.32. The first-order chi connectivity index (χ1) is 18.9. The second-order valence-corrected chi connectivity index (χ2v) is 12.4. The van der Waals surface area contributed by atoms with E-state index in [1.54, 1.807) is 0 Å². The maximum absolute atomic E-state index is 2.54. The third-order valence-corrected chi connectivity index (χ3v) is 9.84. The highest BCUT2D eigenvalue weighted by atomic mass is 32.2. The Morgan fingerprint density at radius 1 is 0.342 bits per heavy atom. The van der Waals surface area contributed by atoms with E-state index in [1.165, 1.54) is 93.7 Å². The molecule has 0 unspecified atom stereocenters. The van der Waals surface area contributed by atoms with Crippen LogP contribution < -0.4 is 9.80 Å². The maximum Gasteiger partial charge on any atom is 0.0552 e. The van der Waals surface area contributed by atoms with Crippen LogP contribution in [0.25, 0.3) is 0 Å². The van der Waals surface area contributed by atoms with Crippen LogP contribution in [0.5, 0.6) is 0 Å². The molecule has 0 spiro atoms. The first-order valence-corrected chi connectivity index (χ1v) is 15.8. The van der Waals surface area contributed by atoms with Gasteiger partial charge in [0, 0.05) is 32.7 Å². The van der Waals surface area contributed by atoms with Gasteiger partial charge in [0.2, 0.25) is 0 Å². The molecule has 4 heteroatoms. The Balaban J connectivity index is 0.916. The van der Waals surface area contributed by atoms with Crippen LogP contribution in [-0.4, -0.2) is 13.1 Å². The predicted molar refractivity (Wildman–Crippen MR) is 165 cm³/mol. The lowest BCUT2D eigenvalue weighted by molar-refractivity contribution is 0.569. The molecule has 0 atom stereocenters. The normalized spacial score (nSPS) is 13.5. The Hall–Kier alpha value is -2.82. The molecule has 0 aliphatic carbocycles. The Morgan fingerprint density at radius 2 is 0.605 bits per heavy atom. The molecule has 2 aliphatic rings. The number of benzene rings is 4. The van der Waals surface area contributed by atoms with Crippen molar-refractivity contribution in [3.8, 4) is 0 Å². The van der Waals surface area contributed by atoms with Crippen LogP contribution >= 0.6 is 23.5 Å². The van der Waals surface area contributed by atoms with Gasteiger partial charge >= 0.3 is 0 Å². The Bertz CT molecular complexity index is 1170. The Morgan fingerprint density at radius 3 is 0.921 bits per heavy atom. The summed E-state index contributed by atoms with van der Waals surface area (Å²) in [5.74, 6) is 0. The molecule has 194 valence electrons. The van der Waals surface area contributed by atoms with Crippen molar-refractivity contribution < 1.29 is 0 Å². The van der Waals surface area contributed by atoms with Gasteiger partial charge in [0.25, 0.3) is 0 Å². The average molecular weight is 537 g/mol. The molecule has 0 N–H and O–H groups in total. The molecular formula is C34H36N2S2. The molecule has 0 bridgehead atoms. The van der Waals surface area contributed by atoms with Gasteiger partial charge in [0.05, 0.1) is 22.7 Å². The van der Waals surface area contributed by atoms with Crippen LogP contribution in [-0.2, 0) is 0 Å². The van der Waals surface area contributed by atoms with Crippen molar-refractivity contribution in [1.29, 1.82) is 0 Å². The number of anilines is 4. The zero-order chi connectivity index (χ0) is 25.6. The van der Waals surface area contributed by atoms with Gasteiger partial charge in [0.15, 0.2) is 0 Å². The van der Waals surface area contributed by atoms with Crippen molar-refractivity contribution in [2.24, 2.45) is 0 Å². The second kappa shape index (κ2) is 12.4. The molecule has 2 nitrogen and oxygen atoms in total. The molecule has 4 aromatic rings. The lowest BCUT2D eigenvalue weighted by atomic mass is 10.1. The molecule has 4 aromatic carbocycles. The molecule has 2 heterocycles. The molecule has 0 saturated carbocycles. The van der Waals surface area contributed by atoms with Crippen LogP contribution in [0, 0.1) is 0 Å². The van der Waals surface area contributed by atoms with Crippen LogP contribution in [0.4, 0.5) is 22.7 Å². The summed E-state index contributed by atoms with van der Waals surface area (Å²) in [4.78, 5) is 10.6. The summed E-state index contributed by atoms with van der Waals surface area (Å²) < 4.78 is 0. The van der Waals surface area contributed by atoms with E-state index < -0.39 is 0 Å². The average Bonchev–Trinajstić information content (AvgIpc) is 2.97. The van der Waals surface area contributed by atoms with Gasteiger partial charge < -0.3 is 9.80 Å². The highest BCUT2D eigenvalue weighted by Gasteiger charge is 2.23. The quantitative estimate of drug-likeness (QED) is 0.176. The largest absolute Gasteiger partial charge is 0.340 e. The first kappa shape index (κ1) is 25.5. The Labute approximate surface area is 236 Å². The lowest BCUT2D eigenvalue weighted by Crippen LogP contribution is -2.21. The highest BCUT2D eigenvalue weighted by Crippen LogP contribution is 2.49. The van der Waals surface area contributed by atoms with E-state index in [2.05, 4.69) is 107 Å². The van der Waals surface area contributed by atoms with Crippen molar-refractivity contribution >= 4 is 46.3 Å². The monoisotopic (exact) mass is 536 g/mol. The number of hydrogen-bond acceptors (Lipinski definition) is 4. The zero-order valence-corrected chi connectivity index (χ0v) is 23.7. The molecule has 6 rings (SSSR count). The van der Waals surface area contributed by atoms with E-state index in [1.807, 2.05) is 23.5 Å². The van der Waals surface area contributed by atoms with Crippen LogP contribution in [0.15, 0.2) is 117 Å². The predicted octanol–water partition coefficient (Wildman–Crippen LogP) is 10.7. The number of unbranched alkanes of at least 4 members (excludes halogenated alkanes) is 7. The van der Waals surface area contributed by atoms with Crippen molar-refractivity contribution in [3.63, 3.8) is 0 Å². The van der Waals surface area contributed by atoms with Crippen LogP contribution in [0.3, 0.4) is 0 Å². The molecule has 0 aromatic heterocycles. The third-order valence-electron chi connectivity index (χ3n) is 7.58. The number of para-hydroxylation sites is 4. The molecule has 2 aliphatic heterocycles. The number of hydrogen-bond donors (Lipinski definition) is 0. The minimum atomic E-state index is 1.10. The van der Waals surface area contributed by atoms with Crippen molar-refractivity contribution in [2.45, 2.75) is 70.9 Å². The standard InChI is InChI=1S/C34H36N2S2/c1(3-5-15-25-35-27-17-7-11-21-31(27)37-32-22-12-8-18-28(32)35)2-4-6-16-26-36-29-19-9-13-23-33(29)38-34-24-14-10-20-30(34)36/h7-14,17-24H,1-6,15-16,25-26H2. The van der Waals surface area contributed by atoms with Gasteiger partial charge in [-0.25, -0.2) is 0 Å². The molecule has 0 saturated heterocycles. The van der Waals surface area contributed by atoms with E-state index in [9.17, 15) is 0 Å². The number of rotatable bonds is 11. The maximum atomic E-state index is 2.54. The third kappa shape index (κ3) is 5.62. The smallest absolute Gasteiger partial charge is 0.0552 e. The topological polar surface area (TPSA) is 6.48 Å². The van der Waals surface area contributed by atoms with Gasteiger partial charge in [-0.15, -0.1) is 0 Å². The highest BCUT2D eigenvalue weighted by molar-refractivity contribution is 8.00. The van der Waals surface area contributed by atoms with E-state index in [-0.39, 0.29) is 0 Å². The minimum Gasteiger partial charge on any atom is -0.340 e. The summed E-state index contributed by atoms with van der Waals surface area (Å²) in [7, 11) is 0. The summed E-state index contributed by atoms with van der Waals surface area (Å²) in [6, 6.07) is 35.4. The molecule has 0 fully saturated rings. The first-order valence-electron chi connectivity index (χ1n) is 14.2. The van der Waals surface area contributed by atoms with E-state index in [4.69, 9.17) is 0 Å². The second-order valence-electron chi connectivity index (χ2n) is 10.2. The van der Waals surface area contributed by atoms with Gasteiger partial charge in [0.1, 0.15) is 0 Å². The molecule has 38 heavy (non-hydrogen) atoms. The Kier molecular flexibility index (Phi) is 8.28. The molecule has 0 amide bonds. The zero-order valence-electron chi connectivity index (χ0n) is 22.0. The van der Waals surface area contributed by atoms with Gasteiger partial charge in [-0.2, -0.15) is 0 Å². The van der Waals surface area contributed by atoms with E-state index in [0.29, 0.717) is 0 Å². The van der Waals surface area contributed by atoms with Crippen LogP contribution in [0.2, 0.25) is 0 Å².